The molecule has 0 bridgehead atoms. The molecule has 11 nitrogen and oxygen atoms in total. The Morgan fingerprint density at radius 3 is 1.83 bits per heavy atom. The van der Waals surface area contributed by atoms with E-state index in [0.717, 1.165) is 95.0 Å². The largest absolute Gasteiger partial charge is 0.756 e. The smallest absolute Gasteiger partial charge is 0.306 e. The van der Waals surface area contributed by atoms with E-state index < -0.39 is 32.5 Å². The number of carbonyl (C=O) groups excluding carboxylic acids is 3. The van der Waals surface area contributed by atoms with E-state index in [1.54, 1.807) is 6.08 Å². The third kappa shape index (κ3) is 28.8. The highest BCUT2D eigenvalue weighted by molar-refractivity contribution is 7.45. The van der Waals surface area contributed by atoms with E-state index in [9.17, 15) is 23.8 Å². The van der Waals surface area contributed by atoms with Crippen LogP contribution in [0.25, 0.3) is 0 Å². The molecule has 2 atom stereocenters. The first kappa shape index (κ1) is 53.5. The molecule has 1 aromatic rings. The van der Waals surface area contributed by atoms with Crippen molar-refractivity contribution in [2.45, 2.75) is 181 Å². The van der Waals surface area contributed by atoms with Crippen molar-refractivity contribution in [1.29, 1.82) is 0 Å². The second-order valence-corrected chi connectivity index (χ2v) is 18.1. The van der Waals surface area contributed by atoms with Gasteiger partial charge >= 0.3 is 11.9 Å². The number of quaternary nitrogens is 1. The number of phosphoric ester groups is 1. The molecule has 0 N–H and O–H groups in total. The molecule has 0 saturated carbocycles. The van der Waals surface area contributed by atoms with Gasteiger partial charge in [0.05, 0.1) is 27.7 Å². The third-order valence-electron chi connectivity index (χ3n) is 10.2. The molecule has 0 radical (unpaired) electrons. The Bertz CT molecular complexity index is 1380. The predicted molar refractivity (Wildman–Crippen MR) is 230 cm³/mol. The van der Waals surface area contributed by atoms with Gasteiger partial charge in [0.25, 0.3) is 7.82 Å². The molecule has 0 aliphatic rings. The highest BCUT2D eigenvalue weighted by Gasteiger charge is 2.22. The fourth-order valence-electron chi connectivity index (χ4n) is 6.28. The number of esters is 2. The molecule has 0 aromatic carbocycles. The first-order chi connectivity index (χ1) is 27.7. The number of furan rings is 1. The number of carbonyl (C=O) groups is 3. The maximum Gasteiger partial charge on any atom is 0.306 e. The van der Waals surface area contributed by atoms with Crippen molar-refractivity contribution in [3.05, 3.63) is 47.0 Å². The number of hydrogen-bond donors (Lipinski definition) is 0. The Morgan fingerprint density at radius 2 is 1.22 bits per heavy atom. The van der Waals surface area contributed by atoms with Crippen LogP contribution in [-0.4, -0.2) is 75.8 Å². The summed E-state index contributed by atoms with van der Waals surface area (Å²) < 4.78 is 40.1. The number of ether oxygens (including phenoxy) is 2. The molecule has 12 heteroatoms. The van der Waals surface area contributed by atoms with E-state index in [4.69, 9.17) is 22.9 Å². The molecule has 1 aromatic heterocycles. The number of nitrogens with zero attached hydrogens (tertiary/aromatic N) is 1. The predicted octanol–water partition coefficient (Wildman–Crippen LogP) is 10.6. The number of unbranched alkanes of at least 4 members (excludes halogenated alkanes) is 14. The maximum absolute atomic E-state index is 12.8. The van der Waals surface area contributed by atoms with Crippen molar-refractivity contribution in [3.8, 4) is 0 Å². The van der Waals surface area contributed by atoms with E-state index in [0.29, 0.717) is 30.3 Å². The van der Waals surface area contributed by atoms with Crippen LogP contribution in [0, 0.1) is 13.8 Å². The summed E-state index contributed by atoms with van der Waals surface area (Å²) in [5.74, 6) is 1.41. The van der Waals surface area contributed by atoms with Gasteiger partial charge in [-0.25, -0.2) is 0 Å². The first-order valence-electron chi connectivity index (χ1n) is 22.4. The van der Waals surface area contributed by atoms with Crippen LogP contribution in [0.5, 0.6) is 0 Å². The minimum absolute atomic E-state index is 0.0594. The molecule has 1 heterocycles. The van der Waals surface area contributed by atoms with Crippen LogP contribution < -0.4 is 4.89 Å². The Kier molecular flexibility index (Phi) is 29.7. The second kappa shape index (κ2) is 32.2. The monoisotopic (exact) mass is 838 g/mol. The Balaban J connectivity index is 2.42. The van der Waals surface area contributed by atoms with Crippen molar-refractivity contribution in [1.82, 2.24) is 0 Å². The van der Waals surface area contributed by atoms with Gasteiger partial charge in [0.2, 0.25) is 0 Å². The van der Waals surface area contributed by atoms with Gasteiger partial charge in [0.15, 0.2) is 11.9 Å². The number of hydrogen-bond acceptors (Lipinski definition) is 10. The first-order valence-corrected chi connectivity index (χ1v) is 23.8. The van der Waals surface area contributed by atoms with Crippen molar-refractivity contribution in [2.75, 3.05) is 47.5 Å². The molecule has 1 rings (SSSR count). The molecule has 0 amide bonds. The molecule has 0 aliphatic carbocycles. The van der Waals surface area contributed by atoms with Crippen LogP contribution in [0.1, 0.15) is 171 Å². The fourth-order valence-corrected chi connectivity index (χ4v) is 7.01. The second-order valence-electron chi connectivity index (χ2n) is 16.7. The quantitative estimate of drug-likeness (QED) is 0.0159. The number of phosphoric acid groups is 1. The summed E-state index contributed by atoms with van der Waals surface area (Å²) in [6, 6.07) is 0. The summed E-state index contributed by atoms with van der Waals surface area (Å²) in [7, 11) is 1.07. The van der Waals surface area contributed by atoms with Crippen LogP contribution in [0.15, 0.2) is 28.7 Å². The Hall–Kier alpha value is -2.56. The van der Waals surface area contributed by atoms with Crippen molar-refractivity contribution in [3.63, 3.8) is 0 Å². The third-order valence-corrected chi connectivity index (χ3v) is 11.1. The van der Waals surface area contributed by atoms with E-state index >= 15 is 0 Å². The molecular formula is C46H80NO10P. The molecule has 0 fully saturated rings. The van der Waals surface area contributed by atoms with E-state index in [1.807, 2.05) is 33.3 Å². The Labute approximate surface area is 351 Å². The van der Waals surface area contributed by atoms with E-state index in [1.165, 1.54) is 43.2 Å². The molecule has 58 heavy (non-hydrogen) atoms. The standard InChI is InChI=1S/C46H80NO10P/c1-8-10-12-13-14-18-24-29-41(48)30-25-19-17-22-27-33-45(49)53-37-42(38-55-58(51,52)54-36-35-47(5,6)7)56-46(50)34-28-21-16-15-20-26-32-44-40(4)39(3)43(57-44)31-23-11-9-2/h14,18,24,29,42H,8-13,15-17,19-23,25-28,30-38H2,1-7H3/b18-14-,29-24+/t42-/m1/s1. The highest BCUT2D eigenvalue weighted by Crippen LogP contribution is 2.38. The number of rotatable bonds is 37. The maximum atomic E-state index is 12.8. The SMILES string of the molecule is CCCCC/C=C\C=C\C(=O)CCCCCCCC(=O)OC[C@H](COP(=O)([O-])OCC[N+](C)(C)C)OC(=O)CCCCCCCCc1oc(CCCCC)c(C)c1C. The molecule has 0 saturated heterocycles. The highest BCUT2D eigenvalue weighted by atomic mass is 31.2. The van der Waals surface area contributed by atoms with Crippen LogP contribution in [-0.2, 0) is 50.3 Å². The molecular weight excluding hydrogens is 757 g/mol. The summed E-state index contributed by atoms with van der Waals surface area (Å²) in [4.78, 5) is 49.7. The van der Waals surface area contributed by atoms with Gasteiger partial charge in [0, 0.05) is 32.1 Å². The van der Waals surface area contributed by atoms with Crippen LogP contribution >= 0.6 is 7.82 Å². The van der Waals surface area contributed by atoms with Gasteiger partial charge in [0.1, 0.15) is 31.3 Å². The number of ketones is 1. The summed E-state index contributed by atoms with van der Waals surface area (Å²) in [6.45, 7) is 8.26. The van der Waals surface area contributed by atoms with Crippen molar-refractivity contribution < 1.29 is 51.3 Å². The number of likely N-dealkylation sites (N-methyl/N-ethyl adjacent to an activating group) is 1. The zero-order chi connectivity index (χ0) is 43.1. The Morgan fingerprint density at radius 1 is 0.690 bits per heavy atom. The van der Waals surface area contributed by atoms with Gasteiger partial charge in [-0.2, -0.15) is 0 Å². The summed E-state index contributed by atoms with van der Waals surface area (Å²) in [5.41, 5.74) is 2.58. The molecule has 0 aliphatic heterocycles. The lowest BCUT2D eigenvalue weighted by atomic mass is 10.0. The van der Waals surface area contributed by atoms with Crippen molar-refractivity contribution in [2.24, 2.45) is 0 Å². The van der Waals surface area contributed by atoms with Crippen molar-refractivity contribution >= 4 is 25.5 Å². The summed E-state index contributed by atoms with van der Waals surface area (Å²) in [5, 5.41) is 0. The number of aryl methyl sites for hydroxylation is 2. The molecule has 1 unspecified atom stereocenters. The van der Waals surface area contributed by atoms with Gasteiger partial charge in [-0.15, -0.1) is 0 Å². The average molecular weight is 838 g/mol. The van der Waals surface area contributed by atoms with Gasteiger partial charge in [-0.3, -0.25) is 18.9 Å². The van der Waals surface area contributed by atoms with Crippen LogP contribution in [0.4, 0.5) is 0 Å². The lowest BCUT2D eigenvalue weighted by Crippen LogP contribution is -2.37. The fraction of sp³-hybridized carbons (Fsp3) is 0.761. The topological polar surface area (TPSA) is 141 Å². The van der Waals surface area contributed by atoms with Crippen LogP contribution in [0.2, 0.25) is 0 Å². The minimum Gasteiger partial charge on any atom is -0.756 e. The minimum atomic E-state index is -4.67. The van der Waals surface area contributed by atoms with Crippen LogP contribution in [0.3, 0.4) is 0 Å². The van der Waals surface area contributed by atoms with E-state index in [-0.39, 0.29) is 31.8 Å². The average Bonchev–Trinajstić information content (AvgIpc) is 3.43. The van der Waals surface area contributed by atoms with Gasteiger partial charge in [-0.1, -0.05) is 103 Å². The van der Waals surface area contributed by atoms with Gasteiger partial charge < -0.3 is 32.3 Å². The summed E-state index contributed by atoms with van der Waals surface area (Å²) in [6.07, 6.45) is 27.2. The molecule has 0 spiro atoms. The lowest BCUT2D eigenvalue weighted by molar-refractivity contribution is -0.870. The van der Waals surface area contributed by atoms with Gasteiger partial charge in [-0.05, 0) is 76.0 Å². The lowest BCUT2D eigenvalue weighted by Gasteiger charge is -2.28. The summed E-state index contributed by atoms with van der Waals surface area (Å²) >= 11 is 0. The zero-order valence-electron chi connectivity index (χ0n) is 37.5. The zero-order valence-corrected chi connectivity index (χ0v) is 38.3. The van der Waals surface area contributed by atoms with E-state index in [2.05, 4.69) is 33.8 Å². The number of allylic oxidation sites excluding steroid dienone is 4. The normalized spacial score (nSPS) is 13.7. The molecule has 334 valence electrons.